The Labute approximate surface area is 149 Å². The number of benzene rings is 1. The van der Waals surface area contributed by atoms with Crippen LogP contribution in [0.5, 0.6) is 5.75 Å². The standard InChI is InChI=1S/C17H18N6O3/c18-15(25)11-7-19-17(23-16(11)20-9-2-1-3-9)21-10-4-5-12-13(6-10)26-8-14(24)22-12/h4-7,9H,1-3,8H2,(H2,18,25)(H,22,24)(H2,19,20,21,23). The number of hydrogen-bond donors (Lipinski definition) is 4. The van der Waals surface area contributed by atoms with E-state index < -0.39 is 5.91 Å². The molecule has 0 spiro atoms. The van der Waals surface area contributed by atoms with Crippen LogP contribution >= 0.6 is 0 Å². The minimum Gasteiger partial charge on any atom is -0.482 e. The molecule has 1 fully saturated rings. The number of hydrogen-bond acceptors (Lipinski definition) is 7. The number of carbonyl (C=O) groups is 2. The van der Waals surface area contributed by atoms with Gasteiger partial charge in [0.15, 0.2) is 6.61 Å². The number of anilines is 4. The van der Waals surface area contributed by atoms with E-state index in [1.165, 1.54) is 6.20 Å². The van der Waals surface area contributed by atoms with Crippen molar-refractivity contribution in [3.8, 4) is 5.75 Å². The molecule has 1 saturated carbocycles. The summed E-state index contributed by atoms with van der Waals surface area (Å²) in [6, 6.07) is 5.56. The Morgan fingerprint density at radius 1 is 1.35 bits per heavy atom. The monoisotopic (exact) mass is 354 g/mol. The van der Waals surface area contributed by atoms with E-state index in [2.05, 4.69) is 25.9 Å². The Balaban J connectivity index is 1.56. The summed E-state index contributed by atoms with van der Waals surface area (Å²) >= 11 is 0. The van der Waals surface area contributed by atoms with Crippen LogP contribution in [0.15, 0.2) is 24.4 Å². The highest BCUT2D eigenvalue weighted by Gasteiger charge is 2.21. The second-order valence-corrected chi connectivity index (χ2v) is 6.27. The van der Waals surface area contributed by atoms with Gasteiger partial charge in [-0.1, -0.05) is 0 Å². The summed E-state index contributed by atoms with van der Waals surface area (Å²) in [7, 11) is 0. The van der Waals surface area contributed by atoms with E-state index in [4.69, 9.17) is 10.5 Å². The van der Waals surface area contributed by atoms with Gasteiger partial charge in [-0.15, -0.1) is 0 Å². The molecule has 0 bridgehead atoms. The molecule has 0 radical (unpaired) electrons. The molecule has 1 aromatic heterocycles. The number of nitrogens with zero attached hydrogens (tertiary/aromatic N) is 2. The zero-order valence-electron chi connectivity index (χ0n) is 13.9. The molecule has 2 aliphatic rings. The summed E-state index contributed by atoms with van der Waals surface area (Å²) in [6.07, 6.45) is 4.65. The Morgan fingerprint density at radius 2 is 2.19 bits per heavy atom. The number of nitrogens with one attached hydrogen (secondary N) is 3. The molecule has 134 valence electrons. The summed E-state index contributed by atoms with van der Waals surface area (Å²) in [6.45, 7) is -0.0181. The number of amides is 2. The van der Waals surface area contributed by atoms with Crippen molar-refractivity contribution in [2.45, 2.75) is 25.3 Å². The summed E-state index contributed by atoms with van der Waals surface area (Å²) in [5.74, 6) is 0.570. The van der Waals surface area contributed by atoms with Crippen LogP contribution in [0.3, 0.4) is 0 Å². The highest BCUT2D eigenvalue weighted by Crippen LogP contribution is 2.31. The molecule has 0 unspecified atom stereocenters. The number of aromatic nitrogens is 2. The molecular formula is C17H18N6O3. The molecule has 0 saturated heterocycles. The fraction of sp³-hybridized carbons (Fsp3) is 0.294. The first kappa shape index (κ1) is 16.1. The smallest absolute Gasteiger partial charge is 0.262 e. The van der Waals surface area contributed by atoms with Gasteiger partial charge in [0.2, 0.25) is 5.95 Å². The lowest BCUT2D eigenvalue weighted by Gasteiger charge is -2.27. The number of primary amides is 1. The van der Waals surface area contributed by atoms with E-state index in [-0.39, 0.29) is 18.1 Å². The molecule has 2 aromatic rings. The van der Waals surface area contributed by atoms with Crippen molar-refractivity contribution < 1.29 is 14.3 Å². The average Bonchev–Trinajstić information content (AvgIpc) is 2.58. The molecule has 26 heavy (non-hydrogen) atoms. The second-order valence-electron chi connectivity index (χ2n) is 6.27. The molecule has 1 aliphatic carbocycles. The van der Waals surface area contributed by atoms with Gasteiger partial charge in [-0.25, -0.2) is 4.98 Å². The third-order valence-corrected chi connectivity index (χ3v) is 4.37. The molecule has 1 aliphatic heterocycles. The Kier molecular flexibility index (Phi) is 4.04. The fourth-order valence-electron chi connectivity index (χ4n) is 2.76. The molecule has 5 N–H and O–H groups in total. The Morgan fingerprint density at radius 3 is 2.92 bits per heavy atom. The van der Waals surface area contributed by atoms with E-state index in [0.29, 0.717) is 34.9 Å². The van der Waals surface area contributed by atoms with Gasteiger partial charge in [-0.2, -0.15) is 4.98 Å². The van der Waals surface area contributed by atoms with Crippen LogP contribution in [0.1, 0.15) is 29.6 Å². The quantitative estimate of drug-likeness (QED) is 0.641. The van der Waals surface area contributed by atoms with Gasteiger partial charge in [0.05, 0.1) is 11.3 Å². The van der Waals surface area contributed by atoms with Crippen molar-refractivity contribution in [1.82, 2.24) is 9.97 Å². The number of nitrogens with two attached hydrogens (primary N) is 1. The Bertz CT molecular complexity index is 881. The maximum absolute atomic E-state index is 11.6. The molecule has 1 aromatic carbocycles. The van der Waals surface area contributed by atoms with Crippen LogP contribution in [-0.2, 0) is 4.79 Å². The molecule has 0 atom stereocenters. The van der Waals surface area contributed by atoms with Crippen molar-refractivity contribution in [3.05, 3.63) is 30.0 Å². The van der Waals surface area contributed by atoms with Gasteiger partial charge in [0, 0.05) is 24.0 Å². The van der Waals surface area contributed by atoms with Crippen LogP contribution in [-0.4, -0.2) is 34.4 Å². The van der Waals surface area contributed by atoms with Gasteiger partial charge in [-0.3, -0.25) is 9.59 Å². The zero-order chi connectivity index (χ0) is 18.1. The highest BCUT2D eigenvalue weighted by atomic mass is 16.5. The average molecular weight is 354 g/mol. The van der Waals surface area contributed by atoms with Gasteiger partial charge < -0.3 is 26.4 Å². The van der Waals surface area contributed by atoms with Crippen molar-refractivity contribution in [1.29, 1.82) is 0 Å². The van der Waals surface area contributed by atoms with E-state index in [1.807, 2.05) is 0 Å². The number of carbonyl (C=O) groups excluding carboxylic acids is 2. The molecule has 9 nitrogen and oxygen atoms in total. The summed E-state index contributed by atoms with van der Waals surface area (Å²) in [4.78, 5) is 31.5. The minimum atomic E-state index is -0.573. The van der Waals surface area contributed by atoms with Crippen LogP contribution in [0.25, 0.3) is 0 Å². The molecule has 2 amide bonds. The largest absolute Gasteiger partial charge is 0.482 e. The van der Waals surface area contributed by atoms with E-state index in [0.717, 1.165) is 19.3 Å². The third kappa shape index (κ3) is 3.23. The summed E-state index contributed by atoms with van der Waals surface area (Å²) in [5.41, 5.74) is 6.98. The normalized spacial score (nSPS) is 15.9. The van der Waals surface area contributed by atoms with Gasteiger partial charge in [0.1, 0.15) is 11.6 Å². The lowest BCUT2D eigenvalue weighted by atomic mass is 9.93. The van der Waals surface area contributed by atoms with Crippen molar-refractivity contribution in [2.75, 3.05) is 22.6 Å². The fourth-order valence-corrected chi connectivity index (χ4v) is 2.76. The van der Waals surface area contributed by atoms with Crippen molar-refractivity contribution >= 4 is 35.0 Å². The van der Waals surface area contributed by atoms with Gasteiger partial charge in [0.25, 0.3) is 11.8 Å². The van der Waals surface area contributed by atoms with Gasteiger partial charge in [-0.05, 0) is 31.4 Å². The van der Waals surface area contributed by atoms with E-state index in [1.54, 1.807) is 18.2 Å². The van der Waals surface area contributed by atoms with Crippen LogP contribution in [0, 0.1) is 0 Å². The Hall–Kier alpha value is -3.36. The topological polar surface area (TPSA) is 131 Å². The van der Waals surface area contributed by atoms with Crippen molar-refractivity contribution in [3.63, 3.8) is 0 Å². The molecule has 4 rings (SSSR count). The number of fused-ring (bicyclic) bond motifs is 1. The third-order valence-electron chi connectivity index (χ3n) is 4.37. The lowest BCUT2D eigenvalue weighted by molar-refractivity contribution is -0.118. The SMILES string of the molecule is NC(=O)c1cnc(Nc2ccc3c(c2)OCC(=O)N3)nc1NC1CCC1. The van der Waals surface area contributed by atoms with E-state index in [9.17, 15) is 9.59 Å². The maximum Gasteiger partial charge on any atom is 0.262 e. The highest BCUT2D eigenvalue weighted by molar-refractivity contribution is 5.97. The molecule has 9 heteroatoms. The first-order valence-electron chi connectivity index (χ1n) is 8.35. The van der Waals surface area contributed by atoms with E-state index >= 15 is 0 Å². The summed E-state index contributed by atoms with van der Waals surface area (Å²) in [5, 5.41) is 9.05. The van der Waals surface area contributed by atoms with Crippen molar-refractivity contribution in [2.24, 2.45) is 5.73 Å². The predicted octanol–water partition coefficient (Wildman–Crippen LogP) is 1.61. The first-order chi connectivity index (χ1) is 12.6. The zero-order valence-corrected chi connectivity index (χ0v) is 13.9. The minimum absolute atomic E-state index is 0.0181. The second kappa shape index (κ2) is 6.51. The van der Waals surface area contributed by atoms with Crippen LogP contribution in [0.4, 0.5) is 23.1 Å². The van der Waals surface area contributed by atoms with Crippen LogP contribution in [0.2, 0.25) is 0 Å². The van der Waals surface area contributed by atoms with Gasteiger partial charge >= 0.3 is 0 Å². The first-order valence-corrected chi connectivity index (χ1v) is 8.35. The molecular weight excluding hydrogens is 336 g/mol. The predicted molar refractivity (Wildman–Crippen MR) is 95.7 cm³/mol. The lowest BCUT2D eigenvalue weighted by Crippen LogP contribution is -2.29. The summed E-state index contributed by atoms with van der Waals surface area (Å²) < 4.78 is 5.40. The number of ether oxygens (including phenoxy) is 1. The number of rotatable bonds is 5. The maximum atomic E-state index is 11.6. The van der Waals surface area contributed by atoms with Crippen LogP contribution < -0.4 is 26.4 Å². The molecule has 2 heterocycles.